The van der Waals surface area contributed by atoms with E-state index in [-0.39, 0.29) is 18.7 Å². The Morgan fingerprint density at radius 3 is 2.48 bits per heavy atom. The molecule has 1 fully saturated rings. The van der Waals surface area contributed by atoms with E-state index in [0.29, 0.717) is 24.0 Å². The highest BCUT2D eigenvalue weighted by molar-refractivity contribution is 5.99. The highest BCUT2D eigenvalue weighted by Crippen LogP contribution is 2.45. The Bertz CT molecular complexity index is 761. The Morgan fingerprint density at radius 2 is 1.96 bits per heavy atom. The molecule has 0 heterocycles. The summed E-state index contributed by atoms with van der Waals surface area (Å²) in [6, 6.07) is 10.4. The smallest absolute Gasteiger partial charge is 0.411 e. The molecule has 6 heteroatoms. The Labute approximate surface area is 147 Å². The number of carbonyl (C=O) groups excluding carboxylic acids is 2. The number of ether oxygens (including phenoxy) is 1. The number of rotatable bonds is 5. The molecule has 1 amide bonds. The summed E-state index contributed by atoms with van der Waals surface area (Å²) in [4.78, 5) is 26.6. The molecule has 130 valence electrons. The molecular weight excluding hydrogens is 318 g/mol. The van der Waals surface area contributed by atoms with Gasteiger partial charge >= 0.3 is 6.09 Å². The molecule has 6 nitrogen and oxygen atoms in total. The summed E-state index contributed by atoms with van der Waals surface area (Å²) in [5, 5.41) is 18.0. The predicted octanol–water partition coefficient (Wildman–Crippen LogP) is 3.42. The number of nitriles is 2. The van der Waals surface area contributed by atoms with Gasteiger partial charge in [0.2, 0.25) is 0 Å². The lowest BCUT2D eigenvalue weighted by Gasteiger charge is -2.32. The molecule has 0 radical (unpaired) electrons. The molecule has 2 rings (SSSR count). The molecular formula is C19H21N3O3. The minimum Gasteiger partial charge on any atom is -0.444 e. The average molecular weight is 339 g/mol. The van der Waals surface area contributed by atoms with E-state index in [9.17, 15) is 9.59 Å². The quantitative estimate of drug-likeness (QED) is 0.766. The van der Waals surface area contributed by atoms with Gasteiger partial charge in [-0.15, -0.1) is 0 Å². The maximum atomic E-state index is 12.6. The summed E-state index contributed by atoms with van der Waals surface area (Å²) in [5.74, 6) is -0.285. The lowest BCUT2D eigenvalue weighted by atomic mass is 10.1. The molecule has 0 aliphatic heterocycles. The van der Waals surface area contributed by atoms with Crippen molar-refractivity contribution in [2.45, 2.75) is 51.2 Å². The summed E-state index contributed by atoms with van der Waals surface area (Å²) < 4.78 is 5.43. The second kappa shape index (κ2) is 6.94. The lowest BCUT2D eigenvalue weighted by Crippen LogP contribution is -2.47. The maximum Gasteiger partial charge on any atom is 0.411 e. The first kappa shape index (κ1) is 18.5. The van der Waals surface area contributed by atoms with E-state index in [1.165, 1.54) is 11.0 Å². The molecule has 0 atom stereocenters. The molecule has 0 saturated heterocycles. The number of hydrogen-bond donors (Lipinski definition) is 0. The van der Waals surface area contributed by atoms with E-state index >= 15 is 0 Å². The van der Waals surface area contributed by atoms with Crippen molar-refractivity contribution in [1.82, 2.24) is 4.90 Å². The van der Waals surface area contributed by atoms with Crippen molar-refractivity contribution >= 4 is 11.9 Å². The van der Waals surface area contributed by atoms with Gasteiger partial charge < -0.3 is 4.74 Å². The van der Waals surface area contributed by atoms with Gasteiger partial charge in [0, 0.05) is 5.56 Å². The zero-order chi connectivity index (χ0) is 18.7. The third-order valence-electron chi connectivity index (χ3n) is 4.04. The van der Waals surface area contributed by atoms with Crippen LogP contribution in [0, 0.1) is 22.7 Å². The number of carbonyl (C=O) groups is 2. The number of hydrogen-bond acceptors (Lipinski definition) is 5. The predicted molar refractivity (Wildman–Crippen MR) is 90.6 cm³/mol. The summed E-state index contributed by atoms with van der Waals surface area (Å²) in [6.07, 6.45) is 0.916. The molecule has 1 aliphatic carbocycles. The number of benzene rings is 1. The van der Waals surface area contributed by atoms with Gasteiger partial charge in [0.1, 0.15) is 5.60 Å². The van der Waals surface area contributed by atoms with Crippen molar-refractivity contribution in [3.8, 4) is 12.1 Å². The van der Waals surface area contributed by atoms with Gasteiger partial charge in [-0.1, -0.05) is 12.1 Å². The van der Waals surface area contributed by atoms with Gasteiger partial charge in [-0.05, 0) is 45.7 Å². The second-order valence-electron chi connectivity index (χ2n) is 7.24. The summed E-state index contributed by atoms with van der Waals surface area (Å²) in [7, 11) is 0. The van der Waals surface area contributed by atoms with Gasteiger partial charge in [-0.2, -0.15) is 10.5 Å². The minimum atomic E-state index is -0.693. The topological polar surface area (TPSA) is 94.2 Å². The van der Waals surface area contributed by atoms with Crippen LogP contribution in [0.3, 0.4) is 0 Å². The van der Waals surface area contributed by atoms with Crippen molar-refractivity contribution in [2.24, 2.45) is 0 Å². The molecule has 0 N–H and O–H groups in total. The highest BCUT2D eigenvalue weighted by Gasteiger charge is 2.51. The normalized spacial score (nSPS) is 14.8. The molecule has 0 unspecified atom stereocenters. The van der Waals surface area contributed by atoms with Crippen LogP contribution in [0.5, 0.6) is 0 Å². The van der Waals surface area contributed by atoms with Crippen LogP contribution in [-0.2, 0) is 4.74 Å². The largest absolute Gasteiger partial charge is 0.444 e. The first-order valence-corrected chi connectivity index (χ1v) is 8.12. The van der Waals surface area contributed by atoms with Crippen LogP contribution < -0.4 is 0 Å². The minimum absolute atomic E-state index is 0.164. The van der Waals surface area contributed by atoms with E-state index in [4.69, 9.17) is 15.3 Å². The fraction of sp³-hybridized carbons (Fsp3) is 0.474. The summed E-state index contributed by atoms with van der Waals surface area (Å²) >= 11 is 0. The van der Waals surface area contributed by atoms with Gasteiger partial charge in [-0.25, -0.2) is 4.79 Å². The monoisotopic (exact) mass is 339 g/mol. The van der Waals surface area contributed by atoms with Gasteiger partial charge in [0.15, 0.2) is 5.78 Å². The zero-order valence-electron chi connectivity index (χ0n) is 14.7. The maximum absolute atomic E-state index is 12.6. The van der Waals surface area contributed by atoms with Crippen LogP contribution in [0.15, 0.2) is 24.3 Å². The van der Waals surface area contributed by atoms with Gasteiger partial charge in [0.05, 0.1) is 36.2 Å². The van der Waals surface area contributed by atoms with Crippen LogP contribution in [0.1, 0.15) is 56.0 Å². The summed E-state index contributed by atoms with van der Waals surface area (Å²) in [6.45, 7) is 5.09. The lowest BCUT2D eigenvalue weighted by molar-refractivity contribution is 0.0135. The second-order valence-corrected chi connectivity index (χ2v) is 7.24. The SMILES string of the molecule is CC(C)(C)OC(=O)N(CC(=O)c1cccc(C#N)c1)C1(CC#N)CC1. The van der Waals surface area contributed by atoms with E-state index in [0.717, 1.165) is 0 Å². The van der Waals surface area contributed by atoms with Crippen LogP contribution >= 0.6 is 0 Å². The molecule has 1 saturated carbocycles. The number of nitrogens with zero attached hydrogens (tertiary/aromatic N) is 3. The van der Waals surface area contributed by atoms with E-state index in [2.05, 4.69) is 6.07 Å². The third-order valence-corrected chi connectivity index (χ3v) is 4.04. The molecule has 1 aromatic rings. The fourth-order valence-electron chi connectivity index (χ4n) is 2.57. The molecule has 1 aromatic carbocycles. The average Bonchev–Trinajstić information content (AvgIpc) is 3.31. The number of ketones is 1. The Balaban J connectivity index is 2.24. The Kier molecular flexibility index (Phi) is 5.13. The Morgan fingerprint density at radius 1 is 1.28 bits per heavy atom. The van der Waals surface area contributed by atoms with Crippen molar-refractivity contribution < 1.29 is 14.3 Å². The zero-order valence-corrected chi connectivity index (χ0v) is 14.7. The number of Topliss-reactive ketones (excluding diaryl/α,β-unsaturated/α-hetero) is 1. The first-order valence-electron chi connectivity index (χ1n) is 8.12. The standard InChI is InChI=1S/C19H21N3O3/c1-18(2,3)25-17(24)22(19(7-8-19)9-10-20)13-16(23)15-6-4-5-14(11-15)12-21/h4-6,11H,7-9,13H2,1-3H3. The highest BCUT2D eigenvalue weighted by atomic mass is 16.6. The van der Waals surface area contributed by atoms with Crippen molar-refractivity contribution in [3.05, 3.63) is 35.4 Å². The van der Waals surface area contributed by atoms with Gasteiger partial charge in [-0.3, -0.25) is 9.69 Å². The first-order chi connectivity index (χ1) is 11.7. The van der Waals surface area contributed by atoms with E-state index in [1.54, 1.807) is 39.0 Å². The number of amides is 1. The van der Waals surface area contributed by atoms with Crippen molar-refractivity contribution in [3.63, 3.8) is 0 Å². The fourth-order valence-corrected chi connectivity index (χ4v) is 2.57. The van der Waals surface area contributed by atoms with E-state index < -0.39 is 17.2 Å². The van der Waals surface area contributed by atoms with Crippen LogP contribution in [-0.4, -0.2) is 34.5 Å². The van der Waals surface area contributed by atoms with E-state index in [1.807, 2.05) is 6.07 Å². The van der Waals surface area contributed by atoms with Crippen molar-refractivity contribution in [2.75, 3.05) is 6.54 Å². The third kappa shape index (κ3) is 4.58. The van der Waals surface area contributed by atoms with Crippen molar-refractivity contribution in [1.29, 1.82) is 10.5 Å². The molecule has 0 spiro atoms. The van der Waals surface area contributed by atoms with Crippen LogP contribution in [0.25, 0.3) is 0 Å². The summed E-state index contributed by atoms with van der Waals surface area (Å²) in [5.41, 5.74) is -0.574. The molecule has 0 aromatic heterocycles. The Hall–Kier alpha value is -2.86. The molecule has 25 heavy (non-hydrogen) atoms. The van der Waals surface area contributed by atoms with Crippen LogP contribution in [0.2, 0.25) is 0 Å². The van der Waals surface area contributed by atoms with Gasteiger partial charge in [0.25, 0.3) is 0 Å². The van der Waals surface area contributed by atoms with Crippen LogP contribution in [0.4, 0.5) is 4.79 Å². The molecule has 0 bridgehead atoms. The molecule has 1 aliphatic rings.